The summed E-state index contributed by atoms with van der Waals surface area (Å²) in [6.45, 7) is 2.41. The van der Waals surface area contributed by atoms with E-state index in [-0.39, 0.29) is 11.9 Å². The second-order valence-corrected chi connectivity index (χ2v) is 6.23. The summed E-state index contributed by atoms with van der Waals surface area (Å²) in [6, 6.07) is 27.6. The number of hydrogen-bond acceptors (Lipinski definition) is 2. The lowest BCUT2D eigenvalue weighted by atomic mass is 9.97. The number of amides is 1. The summed E-state index contributed by atoms with van der Waals surface area (Å²) in [5, 5.41) is 3.14. The third-order valence-electron chi connectivity index (χ3n) is 4.19. The first kappa shape index (κ1) is 17.7. The number of para-hydroxylation sites is 1. The topological polar surface area (TPSA) is 38.3 Å². The minimum absolute atomic E-state index is 0.0321. The van der Waals surface area contributed by atoms with Gasteiger partial charge in [0.25, 0.3) is 0 Å². The van der Waals surface area contributed by atoms with Gasteiger partial charge in [0, 0.05) is 0 Å². The van der Waals surface area contributed by atoms with Gasteiger partial charge in [0.1, 0.15) is 5.75 Å². The van der Waals surface area contributed by atoms with Crippen molar-refractivity contribution < 1.29 is 9.53 Å². The molecule has 0 unspecified atom stereocenters. The van der Waals surface area contributed by atoms with Crippen LogP contribution in [0.3, 0.4) is 0 Å². The highest BCUT2D eigenvalue weighted by Gasteiger charge is 2.16. The van der Waals surface area contributed by atoms with Gasteiger partial charge in [-0.05, 0) is 30.2 Å². The van der Waals surface area contributed by atoms with E-state index in [0.717, 1.165) is 16.9 Å². The van der Waals surface area contributed by atoms with E-state index in [1.54, 1.807) is 0 Å². The lowest BCUT2D eigenvalue weighted by molar-refractivity contribution is -0.122. The number of benzene rings is 3. The summed E-state index contributed by atoms with van der Waals surface area (Å²) in [4.78, 5) is 12.5. The van der Waals surface area contributed by atoms with Gasteiger partial charge in [-0.2, -0.15) is 0 Å². The van der Waals surface area contributed by atoms with Gasteiger partial charge in [0.05, 0.1) is 19.1 Å². The summed E-state index contributed by atoms with van der Waals surface area (Å²) in [7, 11) is 0. The molecule has 3 aromatic carbocycles. The van der Waals surface area contributed by atoms with E-state index in [0.29, 0.717) is 13.0 Å². The van der Waals surface area contributed by atoms with Crippen LogP contribution in [-0.4, -0.2) is 12.5 Å². The predicted octanol–water partition coefficient (Wildman–Crippen LogP) is 4.67. The molecule has 0 aromatic heterocycles. The van der Waals surface area contributed by atoms with Crippen molar-refractivity contribution in [3.05, 3.63) is 102 Å². The van der Waals surface area contributed by atoms with E-state index in [1.807, 2.05) is 60.7 Å². The molecule has 0 aliphatic rings. The molecule has 0 radical (unpaired) electrons. The Morgan fingerprint density at radius 1 is 0.846 bits per heavy atom. The second-order valence-electron chi connectivity index (χ2n) is 6.23. The van der Waals surface area contributed by atoms with E-state index in [2.05, 4.69) is 36.5 Å². The normalized spacial score (nSPS) is 11.6. The summed E-state index contributed by atoms with van der Waals surface area (Å²) in [6.07, 6.45) is 0.310. The molecule has 1 N–H and O–H groups in total. The summed E-state index contributed by atoms with van der Waals surface area (Å²) >= 11 is 0. The molecule has 0 spiro atoms. The van der Waals surface area contributed by atoms with Gasteiger partial charge in [-0.15, -0.1) is 0 Å². The Bertz CT molecular complexity index is 814. The molecule has 0 saturated heterocycles. The minimum atomic E-state index is -0.166. The van der Waals surface area contributed by atoms with Crippen LogP contribution in [0.1, 0.15) is 29.2 Å². The number of rotatable bonds is 7. The summed E-state index contributed by atoms with van der Waals surface area (Å²) < 4.78 is 5.62. The van der Waals surface area contributed by atoms with Crippen LogP contribution in [0, 0.1) is 6.92 Å². The SMILES string of the molecule is Cc1ccc([C@H](NC(=O)CCOc2ccccc2)c2ccccc2)cc1. The van der Waals surface area contributed by atoms with Gasteiger partial charge in [-0.1, -0.05) is 78.4 Å². The molecule has 3 nitrogen and oxygen atoms in total. The molecule has 3 rings (SSSR count). The van der Waals surface area contributed by atoms with E-state index < -0.39 is 0 Å². The van der Waals surface area contributed by atoms with Crippen molar-refractivity contribution in [1.82, 2.24) is 5.32 Å². The van der Waals surface area contributed by atoms with E-state index in [4.69, 9.17) is 4.74 Å². The first-order valence-electron chi connectivity index (χ1n) is 8.81. The van der Waals surface area contributed by atoms with Crippen molar-refractivity contribution in [2.24, 2.45) is 0 Å². The Kier molecular flexibility index (Phi) is 6.05. The fourth-order valence-corrected chi connectivity index (χ4v) is 2.77. The van der Waals surface area contributed by atoms with Crippen LogP contribution >= 0.6 is 0 Å². The smallest absolute Gasteiger partial charge is 0.224 e. The number of carbonyl (C=O) groups is 1. The van der Waals surface area contributed by atoms with E-state index in [9.17, 15) is 4.79 Å². The van der Waals surface area contributed by atoms with Crippen LogP contribution in [0.4, 0.5) is 0 Å². The molecule has 0 aliphatic heterocycles. The lowest BCUT2D eigenvalue weighted by Gasteiger charge is -2.20. The van der Waals surface area contributed by atoms with E-state index in [1.165, 1.54) is 5.56 Å². The molecule has 0 aliphatic carbocycles. The monoisotopic (exact) mass is 345 g/mol. The molecule has 0 bridgehead atoms. The first-order chi connectivity index (χ1) is 12.7. The summed E-state index contributed by atoms with van der Waals surface area (Å²) in [5.41, 5.74) is 3.33. The van der Waals surface area contributed by atoms with Gasteiger partial charge >= 0.3 is 0 Å². The number of aryl methyl sites for hydroxylation is 1. The van der Waals surface area contributed by atoms with Gasteiger partial charge in [0.15, 0.2) is 0 Å². The van der Waals surface area contributed by atoms with Gasteiger partial charge in [0.2, 0.25) is 5.91 Å². The van der Waals surface area contributed by atoms with Crippen LogP contribution in [-0.2, 0) is 4.79 Å². The zero-order valence-corrected chi connectivity index (χ0v) is 14.9. The molecule has 0 saturated carbocycles. The molecule has 1 amide bonds. The minimum Gasteiger partial charge on any atom is -0.493 e. The van der Waals surface area contributed by atoms with Crippen LogP contribution in [0.5, 0.6) is 5.75 Å². The van der Waals surface area contributed by atoms with Gasteiger partial charge in [-0.3, -0.25) is 4.79 Å². The standard InChI is InChI=1S/C23H23NO2/c1-18-12-14-20(15-13-18)23(19-8-4-2-5-9-19)24-22(25)16-17-26-21-10-6-3-7-11-21/h2-15,23H,16-17H2,1H3,(H,24,25)/t23-/m1/s1. The predicted molar refractivity (Wildman–Crippen MR) is 104 cm³/mol. The first-order valence-corrected chi connectivity index (χ1v) is 8.81. The maximum atomic E-state index is 12.5. The Hall–Kier alpha value is -3.07. The third kappa shape index (κ3) is 4.96. The Morgan fingerprint density at radius 2 is 1.42 bits per heavy atom. The number of carbonyl (C=O) groups excluding carboxylic acids is 1. The van der Waals surface area contributed by atoms with Crippen molar-refractivity contribution in [1.29, 1.82) is 0 Å². The maximum absolute atomic E-state index is 12.5. The summed E-state index contributed by atoms with van der Waals surface area (Å²) in [5.74, 6) is 0.744. The van der Waals surface area contributed by atoms with Crippen molar-refractivity contribution in [2.45, 2.75) is 19.4 Å². The molecular weight excluding hydrogens is 322 g/mol. The van der Waals surface area contributed by atoms with Gasteiger partial charge < -0.3 is 10.1 Å². The van der Waals surface area contributed by atoms with Crippen LogP contribution in [0.15, 0.2) is 84.9 Å². The number of hydrogen-bond donors (Lipinski definition) is 1. The van der Waals surface area contributed by atoms with Crippen molar-refractivity contribution in [3.63, 3.8) is 0 Å². The molecule has 26 heavy (non-hydrogen) atoms. The number of ether oxygens (including phenoxy) is 1. The van der Waals surface area contributed by atoms with Crippen LogP contribution in [0.25, 0.3) is 0 Å². The maximum Gasteiger partial charge on any atom is 0.224 e. The van der Waals surface area contributed by atoms with Crippen molar-refractivity contribution in [2.75, 3.05) is 6.61 Å². The van der Waals surface area contributed by atoms with Crippen LogP contribution in [0.2, 0.25) is 0 Å². The zero-order chi connectivity index (χ0) is 18.2. The molecule has 1 atom stereocenters. The number of nitrogens with one attached hydrogen (secondary N) is 1. The van der Waals surface area contributed by atoms with Crippen molar-refractivity contribution in [3.8, 4) is 5.75 Å². The lowest BCUT2D eigenvalue weighted by Crippen LogP contribution is -2.30. The molecule has 3 heteroatoms. The fourth-order valence-electron chi connectivity index (χ4n) is 2.77. The third-order valence-corrected chi connectivity index (χ3v) is 4.19. The van der Waals surface area contributed by atoms with Crippen molar-refractivity contribution >= 4 is 5.91 Å². The molecule has 132 valence electrons. The average Bonchev–Trinajstić information content (AvgIpc) is 2.68. The zero-order valence-electron chi connectivity index (χ0n) is 14.9. The Balaban J connectivity index is 1.65. The quantitative estimate of drug-likeness (QED) is 0.676. The molecular formula is C23H23NO2. The highest BCUT2D eigenvalue weighted by molar-refractivity contribution is 5.77. The second kappa shape index (κ2) is 8.86. The molecule has 0 heterocycles. The Labute approximate surface area is 154 Å². The Morgan fingerprint density at radius 3 is 2.08 bits per heavy atom. The van der Waals surface area contributed by atoms with Crippen LogP contribution < -0.4 is 10.1 Å². The van der Waals surface area contributed by atoms with E-state index >= 15 is 0 Å². The molecule has 0 fully saturated rings. The van der Waals surface area contributed by atoms with Gasteiger partial charge in [-0.25, -0.2) is 0 Å². The largest absolute Gasteiger partial charge is 0.493 e. The highest BCUT2D eigenvalue weighted by atomic mass is 16.5. The molecule has 3 aromatic rings. The average molecular weight is 345 g/mol. The fraction of sp³-hybridized carbons (Fsp3) is 0.174. The highest BCUT2D eigenvalue weighted by Crippen LogP contribution is 2.22.